The smallest absolute Gasteiger partial charge is 0.166 e. The van der Waals surface area contributed by atoms with Crippen LogP contribution in [0.3, 0.4) is 0 Å². The van der Waals surface area contributed by atoms with E-state index in [1.54, 1.807) is 25.1 Å². The quantitative estimate of drug-likeness (QED) is 0.510. The Hall–Kier alpha value is -1.33. The van der Waals surface area contributed by atoms with Crippen LogP contribution in [0.2, 0.25) is 0 Å². The van der Waals surface area contributed by atoms with Gasteiger partial charge in [-0.15, -0.1) is 0 Å². The minimum absolute atomic E-state index is 0.565. The Morgan fingerprint density at radius 3 is 2.58 bits per heavy atom. The highest BCUT2D eigenvalue weighted by molar-refractivity contribution is 5.36. The van der Waals surface area contributed by atoms with Crippen LogP contribution in [-0.4, -0.2) is 11.2 Å². The monoisotopic (exact) mass is 163 g/mol. The summed E-state index contributed by atoms with van der Waals surface area (Å²) in [6, 6.07) is 1.75. The van der Waals surface area contributed by atoms with Crippen molar-refractivity contribution in [2.45, 2.75) is 20.0 Å². The second kappa shape index (κ2) is 5.34. The van der Waals surface area contributed by atoms with Crippen LogP contribution in [0.25, 0.3) is 0 Å². The van der Waals surface area contributed by atoms with Gasteiger partial charge in [0.1, 0.15) is 0 Å². The summed E-state index contributed by atoms with van der Waals surface area (Å²) >= 11 is 0. The third-order valence-corrected chi connectivity index (χ3v) is 1.38. The van der Waals surface area contributed by atoms with Crippen molar-refractivity contribution >= 4 is 0 Å². The fraction of sp³-hybridized carbons (Fsp3) is 0.300. The molecule has 0 saturated carbocycles. The predicted molar refractivity (Wildman–Crippen MR) is 49.3 cm³/mol. The van der Waals surface area contributed by atoms with Crippen molar-refractivity contribution < 1.29 is 5.11 Å². The second-order valence-corrected chi connectivity index (χ2v) is 2.46. The van der Waals surface area contributed by atoms with Crippen LogP contribution in [0.1, 0.15) is 13.8 Å². The van der Waals surface area contributed by atoms with Gasteiger partial charge in [-0.25, -0.2) is 0 Å². The first-order chi connectivity index (χ1) is 5.63. The molecule has 64 valence electrons. The molecule has 1 atom stereocenters. The Labute approximate surface area is 73.1 Å². The number of hydrogen-bond acceptors (Lipinski definition) is 2. The number of nitriles is 1. The van der Waals surface area contributed by atoms with Crippen molar-refractivity contribution in [3.63, 3.8) is 0 Å². The van der Waals surface area contributed by atoms with Gasteiger partial charge >= 0.3 is 0 Å². The van der Waals surface area contributed by atoms with Crippen molar-refractivity contribution in [2.75, 3.05) is 0 Å². The van der Waals surface area contributed by atoms with Crippen LogP contribution < -0.4 is 0 Å². The SMILES string of the molecule is C=C(C)/C(=C\C=C/C)C(O)C#N. The average Bonchev–Trinajstić information content (AvgIpc) is 2.04. The van der Waals surface area contributed by atoms with Gasteiger partial charge in [-0.2, -0.15) is 5.26 Å². The van der Waals surface area contributed by atoms with Gasteiger partial charge in [-0.1, -0.05) is 30.4 Å². The lowest BCUT2D eigenvalue weighted by Crippen LogP contribution is -2.07. The Kier molecular flexibility index (Phi) is 4.75. The zero-order chi connectivity index (χ0) is 9.56. The number of aliphatic hydroxyl groups is 1. The van der Waals surface area contributed by atoms with Crippen molar-refractivity contribution in [1.29, 1.82) is 5.26 Å². The third kappa shape index (κ3) is 3.18. The standard InChI is InChI=1S/C10H13NO/c1-4-5-6-9(8(2)3)10(12)7-11/h4-6,10,12H,2H2,1,3H3/b5-4-,9-6+. The second-order valence-electron chi connectivity index (χ2n) is 2.46. The first-order valence-electron chi connectivity index (χ1n) is 3.70. The van der Waals surface area contributed by atoms with E-state index in [-0.39, 0.29) is 0 Å². The molecular formula is C10H13NO. The van der Waals surface area contributed by atoms with E-state index in [9.17, 15) is 5.11 Å². The molecule has 0 aliphatic carbocycles. The number of aliphatic hydroxyl groups excluding tert-OH is 1. The zero-order valence-electron chi connectivity index (χ0n) is 7.41. The summed E-state index contributed by atoms with van der Waals surface area (Å²) in [6.07, 6.45) is 4.21. The Morgan fingerprint density at radius 2 is 2.25 bits per heavy atom. The van der Waals surface area contributed by atoms with E-state index < -0.39 is 6.10 Å². The highest BCUT2D eigenvalue weighted by atomic mass is 16.3. The fourth-order valence-electron chi connectivity index (χ4n) is 0.736. The van der Waals surface area contributed by atoms with Crippen LogP contribution >= 0.6 is 0 Å². The van der Waals surface area contributed by atoms with Crippen LogP contribution in [0.15, 0.2) is 36.0 Å². The lowest BCUT2D eigenvalue weighted by Gasteiger charge is -2.05. The molecule has 12 heavy (non-hydrogen) atoms. The molecule has 1 unspecified atom stereocenters. The molecule has 0 spiro atoms. The van der Waals surface area contributed by atoms with Crippen LogP contribution in [0, 0.1) is 11.3 Å². The predicted octanol–water partition coefficient (Wildman–Crippen LogP) is 1.95. The number of allylic oxidation sites excluding steroid dienone is 3. The summed E-state index contributed by atoms with van der Waals surface area (Å²) in [5.74, 6) is 0. The Bertz CT molecular complexity index is 256. The van der Waals surface area contributed by atoms with Crippen molar-refractivity contribution in [3.8, 4) is 6.07 Å². The molecule has 0 aliphatic rings. The van der Waals surface area contributed by atoms with E-state index in [2.05, 4.69) is 6.58 Å². The van der Waals surface area contributed by atoms with Crippen LogP contribution in [0.5, 0.6) is 0 Å². The van der Waals surface area contributed by atoms with E-state index in [0.717, 1.165) is 0 Å². The van der Waals surface area contributed by atoms with Gasteiger partial charge in [0, 0.05) is 0 Å². The van der Waals surface area contributed by atoms with Gasteiger partial charge < -0.3 is 5.11 Å². The fourth-order valence-corrected chi connectivity index (χ4v) is 0.736. The lowest BCUT2D eigenvalue weighted by atomic mass is 10.0. The largest absolute Gasteiger partial charge is 0.374 e. The minimum Gasteiger partial charge on any atom is -0.374 e. The van der Waals surface area contributed by atoms with Gasteiger partial charge in [0.15, 0.2) is 6.10 Å². The first-order valence-corrected chi connectivity index (χ1v) is 3.70. The molecule has 0 radical (unpaired) electrons. The van der Waals surface area contributed by atoms with E-state index >= 15 is 0 Å². The molecule has 2 nitrogen and oxygen atoms in total. The summed E-state index contributed by atoms with van der Waals surface area (Å²) in [5, 5.41) is 17.6. The van der Waals surface area contributed by atoms with Crippen molar-refractivity contribution in [1.82, 2.24) is 0 Å². The van der Waals surface area contributed by atoms with Gasteiger partial charge in [0.25, 0.3) is 0 Å². The highest BCUT2D eigenvalue weighted by Crippen LogP contribution is 2.11. The van der Waals surface area contributed by atoms with Crippen molar-refractivity contribution in [3.05, 3.63) is 36.0 Å². The summed E-state index contributed by atoms with van der Waals surface area (Å²) in [4.78, 5) is 0. The van der Waals surface area contributed by atoms with Crippen LogP contribution in [0.4, 0.5) is 0 Å². The summed E-state index contributed by atoms with van der Waals surface area (Å²) in [5.41, 5.74) is 1.28. The molecule has 0 saturated heterocycles. The zero-order valence-corrected chi connectivity index (χ0v) is 7.41. The van der Waals surface area contributed by atoms with Gasteiger partial charge in [-0.05, 0) is 19.4 Å². The van der Waals surface area contributed by atoms with E-state index in [4.69, 9.17) is 5.26 Å². The summed E-state index contributed by atoms with van der Waals surface area (Å²) < 4.78 is 0. The number of nitrogens with zero attached hydrogens (tertiary/aromatic N) is 1. The van der Waals surface area contributed by atoms with Gasteiger partial charge in [-0.3, -0.25) is 0 Å². The molecule has 0 heterocycles. The molecule has 0 aromatic rings. The highest BCUT2D eigenvalue weighted by Gasteiger charge is 2.08. The maximum absolute atomic E-state index is 9.19. The van der Waals surface area contributed by atoms with E-state index in [0.29, 0.717) is 11.1 Å². The number of hydrogen-bond donors (Lipinski definition) is 1. The maximum Gasteiger partial charge on any atom is 0.166 e. The van der Waals surface area contributed by atoms with Gasteiger partial charge in [0.05, 0.1) is 6.07 Å². The topological polar surface area (TPSA) is 44.0 Å². The van der Waals surface area contributed by atoms with Crippen LogP contribution in [-0.2, 0) is 0 Å². The average molecular weight is 163 g/mol. The van der Waals surface area contributed by atoms with Gasteiger partial charge in [0.2, 0.25) is 0 Å². The molecule has 0 aliphatic heterocycles. The molecule has 0 fully saturated rings. The lowest BCUT2D eigenvalue weighted by molar-refractivity contribution is 0.268. The molecule has 1 N–H and O–H groups in total. The minimum atomic E-state index is -1.07. The summed E-state index contributed by atoms with van der Waals surface area (Å²) in [7, 11) is 0. The third-order valence-electron chi connectivity index (χ3n) is 1.38. The Balaban J connectivity index is 4.69. The molecule has 0 aromatic carbocycles. The normalized spacial score (nSPS) is 14.3. The summed E-state index contributed by atoms with van der Waals surface area (Å²) in [6.45, 7) is 7.29. The van der Waals surface area contributed by atoms with Crippen molar-refractivity contribution in [2.24, 2.45) is 0 Å². The van der Waals surface area contributed by atoms with E-state index in [1.165, 1.54) is 0 Å². The number of rotatable bonds is 3. The molecule has 0 amide bonds. The maximum atomic E-state index is 9.19. The molecule has 2 heteroatoms. The van der Waals surface area contributed by atoms with E-state index in [1.807, 2.05) is 13.0 Å². The molecule has 0 rings (SSSR count). The molecule has 0 aromatic heterocycles. The molecule has 0 bridgehead atoms. The first kappa shape index (κ1) is 10.7. The Morgan fingerprint density at radius 1 is 1.67 bits per heavy atom. The molecular weight excluding hydrogens is 150 g/mol.